The second kappa shape index (κ2) is 7.92. The fourth-order valence-electron chi connectivity index (χ4n) is 1.74. The summed E-state index contributed by atoms with van der Waals surface area (Å²) in [4.78, 5) is 1.11. The highest BCUT2D eigenvalue weighted by Gasteiger charge is 2.09. The first-order valence-corrected chi connectivity index (χ1v) is 8.44. The van der Waals surface area contributed by atoms with Crippen LogP contribution in [0.15, 0.2) is 46.0 Å². The van der Waals surface area contributed by atoms with E-state index in [1.54, 1.807) is 23.1 Å². The third kappa shape index (κ3) is 4.82. The van der Waals surface area contributed by atoms with Crippen molar-refractivity contribution in [2.45, 2.75) is 23.8 Å². The van der Waals surface area contributed by atoms with Crippen molar-refractivity contribution in [3.05, 3.63) is 51.7 Å². The van der Waals surface area contributed by atoms with Crippen LogP contribution < -0.4 is 11.3 Å². The molecule has 0 aliphatic heterocycles. The summed E-state index contributed by atoms with van der Waals surface area (Å²) in [6.45, 7) is 0. The molecule has 0 fully saturated rings. The van der Waals surface area contributed by atoms with Crippen LogP contribution >= 0.6 is 34.7 Å². The molecule has 2 aromatic rings. The Labute approximate surface area is 127 Å². The molecule has 0 aliphatic rings. The van der Waals surface area contributed by atoms with Gasteiger partial charge in [0.2, 0.25) is 0 Å². The number of thiophene rings is 1. The van der Waals surface area contributed by atoms with Crippen LogP contribution in [-0.2, 0) is 6.42 Å². The smallest absolute Gasteiger partial charge is 0.0541 e. The Kier molecular flexibility index (Phi) is 6.20. The van der Waals surface area contributed by atoms with Gasteiger partial charge in [0, 0.05) is 16.7 Å². The van der Waals surface area contributed by atoms with Crippen molar-refractivity contribution < 1.29 is 0 Å². The van der Waals surface area contributed by atoms with E-state index in [-0.39, 0.29) is 0 Å². The number of nitrogens with two attached hydrogens (primary N) is 1. The summed E-state index contributed by atoms with van der Waals surface area (Å²) in [5.41, 5.74) is 4.28. The Morgan fingerprint density at radius 3 is 2.84 bits per heavy atom. The maximum Gasteiger partial charge on any atom is 0.0541 e. The minimum Gasteiger partial charge on any atom is -0.271 e. The lowest BCUT2D eigenvalue weighted by atomic mass is 10.1. The highest BCUT2D eigenvalue weighted by atomic mass is 35.5. The zero-order valence-corrected chi connectivity index (χ0v) is 12.9. The van der Waals surface area contributed by atoms with Crippen LogP contribution in [0.1, 0.15) is 12.0 Å². The highest BCUT2D eigenvalue weighted by molar-refractivity contribution is 7.99. The first kappa shape index (κ1) is 14.9. The van der Waals surface area contributed by atoms with Crippen LogP contribution in [0.3, 0.4) is 0 Å². The molecule has 19 heavy (non-hydrogen) atoms. The summed E-state index contributed by atoms with van der Waals surface area (Å²) in [6, 6.07) is 10.4. The third-order valence-corrected chi connectivity index (χ3v) is 5.28. The summed E-state index contributed by atoms with van der Waals surface area (Å²) in [5.74, 6) is 6.54. The zero-order valence-electron chi connectivity index (χ0n) is 10.5. The SMILES string of the molecule is NNC(CCc1ccsc1)CSc1ccccc1Cl. The number of rotatable bonds is 7. The molecule has 1 unspecified atom stereocenters. The van der Waals surface area contributed by atoms with E-state index < -0.39 is 0 Å². The maximum absolute atomic E-state index is 6.14. The number of hydrogen-bond acceptors (Lipinski definition) is 4. The number of nitrogens with one attached hydrogen (secondary N) is 1. The number of benzene rings is 1. The van der Waals surface area contributed by atoms with Gasteiger partial charge in [0.25, 0.3) is 0 Å². The van der Waals surface area contributed by atoms with Gasteiger partial charge in [-0.25, -0.2) is 0 Å². The van der Waals surface area contributed by atoms with Gasteiger partial charge in [0.05, 0.1) is 5.02 Å². The summed E-state index contributed by atoms with van der Waals surface area (Å²) in [7, 11) is 0. The quantitative estimate of drug-likeness (QED) is 0.462. The van der Waals surface area contributed by atoms with E-state index in [9.17, 15) is 0 Å². The fraction of sp³-hybridized carbons (Fsp3) is 0.286. The minimum atomic E-state index is 0.293. The normalized spacial score (nSPS) is 12.5. The number of thioether (sulfide) groups is 1. The van der Waals surface area contributed by atoms with Crippen molar-refractivity contribution in [2.24, 2.45) is 5.84 Å². The van der Waals surface area contributed by atoms with Gasteiger partial charge in [-0.2, -0.15) is 11.3 Å². The average molecular weight is 313 g/mol. The molecule has 1 aromatic carbocycles. The molecule has 0 bridgehead atoms. The summed E-state index contributed by atoms with van der Waals surface area (Å²) in [5, 5.41) is 5.11. The highest BCUT2D eigenvalue weighted by Crippen LogP contribution is 2.27. The molecular weight excluding hydrogens is 296 g/mol. The fourth-order valence-corrected chi connectivity index (χ4v) is 3.77. The monoisotopic (exact) mass is 312 g/mol. The molecule has 1 aromatic heterocycles. The predicted molar refractivity (Wildman–Crippen MR) is 85.9 cm³/mol. The maximum atomic E-state index is 6.14. The Bertz CT molecular complexity index is 488. The molecule has 1 atom stereocenters. The van der Waals surface area contributed by atoms with Gasteiger partial charge in [-0.1, -0.05) is 23.7 Å². The van der Waals surface area contributed by atoms with Gasteiger partial charge in [-0.05, 0) is 47.4 Å². The number of halogens is 1. The molecule has 3 N–H and O–H groups in total. The van der Waals surface area contributed by atoms with Gasteiger partial charge in [-0.3, -0.25) is 11.3 Å². The molecule has 0 amide bonds. The van der Waals surface area contributed by atoms with Crippen LogP contribution in [-0.4, -0.2) is 11.8 Å². The topological polar surface area (TPSA) is 38.0 Å². The largest absolute Gasteiger partial charge is 0.271 e. The number of aryl methyl sites for hydroxylation is 1. The van der Waals surface area contributed by atoms with E-state index in [0.717, 1.165) is 28.5 Å². The molecule has 1 heterocycles. The minimum absolute atomic E-state index is 0.293. The molecule has 102 valence electrons. The molecule has 0 radical (unpaired) electrons. The van der Waals surface area contributed by atoms with Crippen molar-refractivity contribution >= 4 is 34.7 Å². The Morgan fingerprint density at radius 2 is 2.16 bits per heavy atom. The van der Waals surface area contributed by atoms with Crippen LogP contribution in [0.2, 0.25) is 5.02 Å². The number of hydrazine groups is 1. The van der Waals surface area contributed by atoms with E-state index >= 15 is 0 Å². The van der Waals surface area contributed by atoms with E-state index in [1.807, 2.05) is 24.3 Å². The molecule has 0 spiro atoms. The Balaban J connectivity index is 1.81. The Hall–Kier alpha value is -0.520. The predicted octanol–water partition coefficient (Wildman–Crippen LogP) is 3.96. The van der Waals surface area contributed by atoms with E-state index in [0.29, 0.717) is 6.04 Å². The number of hydrogen-bond donors (Lipinski definition) is 2. The second-order valence-corrected chi connectivity index (χ2v) is 6.52. The zero-order chi connectivity index (χ0) is 13.5. The molecule has 0 aliphatic carbocycles. The standard InChI is InChI=1S/C14H17ClN2S2/c15-13-3-1-2-4-14(13)19-10-12(17-16)6-5-11-7-8-18-9-11/h1-4,7-9,12,17H,5-6,10,16H2. The summed E-state index contributed by atoms with van der Waals surface area (Å²) < 4.78 is 0. The molecule has 5 heteroatoms. The van der Waals surface area contributed by atoms with Gasteiger partial charge < -0.3 is 0 Å². The van der Waals surface area contributed by atoms with Crippen molar-refractivity contribution in [3.63, 3.8) is 0 Å². The molecule has 0 saturated heterocycles. The lowest BCUT2D eigenvalue weighted by Gasteiger charge is -2.15. The lowest BCUT2D eigenvalue weighted by molar-refractivity contribution is 0.539. The van der Waals surface area contributed by atoms with Crippen LogP contribution in [0.25, 0.3) is 0 Å². The van der Waals surface area contributed by atoms with Crippen molar-refractivity contribution in [2.75, 3.05) is 5.75 Å². The first-order chi connectivity index (χ1) is 9.29. The summed E-state index contributed by atoms with van der Waals surface area (Å²) >= 11 is 9.62. The molecule has 2 rings (SSSR count). The second-order valence-electron chi connectivity index (χ2n) is 4.28. The van der Waals surface area contributed by atoms with Crippen molar-refractivity contribution in [1.82, 2.24) is 5.43 Å². The van der Waals surface area contributed by atoms with Gasteiger partial charge in [-0.15, -0.1) is 11.8 Å². The molecule has 2 nitrogen and oxygen atoms in total. The van der Waals surface area contributed by atoms with E-state index in [2.05, 4.69) is 22.3 Å². The van der Waals surface area contributed by atoms with Crippen LogP contribution in [0, 0.1) is 0 Å². The average Bonchev–Trinajstić information content (AvgIpc) is 2.94. The van der Waals surface area contributed by atoms with Crippen molar-refractivity contribution in [1.29, 1.82) is 0 Å². The Morgan fingerprint density at radius 1 is 1.32 bits per heavy atom. The third-order valence-electron chi connectivity index (χ3n) is 2.87. The molecule has 0 saturated carbocycles. The first-order valence-electron chi connectivity index (χ1n) is 6.14. The van der Waals surface area contributed by atoms with Gasteiger partial charge >= 0.3 is 0 Å². The lowest BCUT2D eigenvalue weighted by Crippen LogP contribution is -2.37. The van der Waals surface area contributed by atoms with E-state index in [1.165, 1.54) is 5.56 Å². The van der Waals surface area contributed by atoms with Crippen molar-refractivity contribution in [3.8, 4) is 0 Å². The summed E-state index contributed by atoms with van der Waals surface area (Å²) in [6.07, 6.45) is 2.09. The van der Waals surface area contributed by atoms with Crippen LogP contribution in [0.5, 0.6) is 0 Å². The molecular formula is C14H17ClN2S2. The van der Waals surface area contributed by atoms with Crippen LogP contribution in [0.4, 0.5) is 0 Å². The van der Waals surface area contributed by atoms with Gasteiger partial charge in [0.15, 0.2) is 0 Å². The van der Waals surface area contributed by atoms with Gasteiger partial charge in [0.1, 0.15) is 0 Å². The van der Waals surface area contributed by atoms with E-state index in [4.69, 9.17) is 17.4 Å².